The van der Waals surface area contributed by atoms with Crippen molar-refractivity contribution in [2.45, 2.75) is 20.8 Å². The van der Waals surface area contributed by atoms with E-state index < -0.39 is 0 Å². The monoisotopic (exact) mass is 135 g/mol. The van der Waals surface area contributed by atoms with Crippen LogP contribution in [0, 0.1) is 5.41 Å². The molecule has 0 aliphatic heterocycles. The maximum atomic E-state index is 7.13. The van der Waals surface area contributed by atoms with Crippen LogP contribution >= 0.6 is 0 Å². The molecule has 0 saturated carbocycles. The summed E-state index contributed by atoms with van der Waals surface area (Å²) in [5.41, 5.74) is 4.57. The lowest BCUT2D eigenvalue weighted by atomic mass is 10.2. The summed E-state index contributed by atoms with van der Waals surface area (Å²) >= 11 is 0. The van der Waals surface area contributed by atoms with Crippen molar-refractivity contribution >= 4 is 5.71 Å². The minimum atomic E-state index is 0.576. The van der Waals surface area contributed by atoms with E-state index in [0.717, 1.165) is 5.57 Å². The SMILES string of the molecule is CC=C=C/C(C)=C\C(C)=N. The molecule has 0 bridgehead atoms. The third kappa shape index (κ3) is 5.07. The summed E-state index contributed by atoms with van der Waals surface area (Å²) in [5, 5.41) is 7.13. The Morgan fingerprint density at radius 1 is 1.40 bits per heavy atom. The topological polar surface area (TPSA) is 23.9 Å². The molecule has 1 nitrogen and oxygen atoms in total. The second-order valence-electron chi connectivity index (χ2n) is 2.17. The van der Waals surface area contributed by atoms with Gasteiger partial charge in [-0.05, 0) is 44.6 Å². The Kier molecular flexibility index (Phi) is 4.26. The van der Waals surface area contributed by atoms with Crippen LogP contribution in [-0.4, -0.2) is 5.71 Å². The second-order valence-corrected chi connectivity index (χ2v) is 2.17. The van der Waals surface area contributed by atoms with E-state index >= 15 is 0 Å². The Morgan fingerprint density at radius 3 is 2.40 bits per heavy atom. The molecule has 0 atom stereocenters. The average Bonchev–Trinajstić information content (AvgIpc) is 1.82. The fraction of sp³-hybridized carbons (Fsp3) is 0.333. The van der Waals surface area contributed by atoms with E-state index in [1.807, 2.05) is 26.0 Å². The van der Waals surface area contributed by atoms with E-state index in [2.05, 4.69) is 5.73 Å². The number of allylic oxidation sites excluding steroid dienone is 3. The van der Waals surface area contributed by atoms with E-state index in [0.29, 0.717) is 5.71 Å². The van der Waals surface area contributed by atoms with Crippen molar-refractivity contribution in [1.82, 2.24) is 0 Å². The minimum absolute atomic E-state index is 0.576. The van der Waals surface area contributed by atoms with Crippen molar-refractivity contribution in [1.29, 1.82) is 5.41 Å². The molecule has 0 amide bonds. The van der Waals surface area contributed by atoms with Gasteiger partial charge in [0.25, 0.3) is 0 Å². The van der Waals surface area contributed by atoms with Gasteiger partial charge in [0, 0.05) is 5.71 Å². The first-order chi connectivity index (χ1) is 4.66. The normalized spacial score (nSPS) is 10.1. The van der Waals surface area contributed by atoms with E-state index in [-0.39, 0.29) is 0 Å². The van der Waals surface area contributed by atoms with Crippen LogP contribution in [0.1, 0.15) is 20.8 Å². The van der Waals surface area contributed by atoms with E-state index in [1.165, 1.54) is 0 Å². The number of hydrogen-bond acceptors (Lipinski definition) is 1. The first-order valence-electron chi connectivity index (χ1n) is 3.27. The van der Waals surface area contributed by atoms with Gasteiger partial charge in [0.1, 0.15) is 0 Å². The summed E-state index contributed by atoms with van der Waals surface area (Å²) < 4.78 is 0. The Bertz CT molecular complexity index is 203. The summed E-state index contributed by atoms with van der Waals surface area (Å²) in [5.74, 6) is 0. The molecule has 0 aliphatic carbocycles. The van der Waals surface area contributed by atoms with Gasteiger partial charge in [0.05, 0.1) is 0 Å². The highest BCUT2D eigenvalue weighted by atomic mass is 14.4. The quantitative estimate of drug-likeness (QED) is 0.342. The number of hydrogen-bond donors (Lipinski definition) is 1. The molecule has 0 heterocycles. The second kappa shape index (κ2) is 4.78. The number of rotatable bonds is 2. The smallest absolute Gasteiger partial charge is 0.0285 e. The minimum Gasteiger partial charge on any atom is -0.306 e. The zero-order valence-corrected chi connectivity index (χ0v) is 6.73. The molecule has 0 rings (SSSR count). The lowest BCUT2D eigenvalue weighted by Gasteiger charge is -1.86. The Morgan fingerprint density at radius 2 is 2.00 bits per heavy atom. The highest BCUT2D eigenvalue weighted by Crippen LogP contribution is 1.92. The van der Waals surface area contributed by atoms with Gasteiger partial charge in [0.15, 0.2) is 0 Å². The van der Waals surface area contributed by atoms with Gasteiger partial charge < -0.3 is 5.41 Å². The van der Waals surface area contributed by atoms with Crippen molar-refractivity contribution in [3.8, 4) is 0 Å². The lowest BCUT2D eigenvalue weighted by Crippen LogP contribution is -1.80. The molecular weight excluding hydrogens is 122 g/mol. The first-order valence-corrected chi connectivity index (χ1v) is 3.27. The van der Waals surface area contributed by atoms with Crippen molar-refractivity contribution in [3.63, 3.8) is 0 Å². The molecule has 0 unspecified atom stereocenters. The molecule has 0 radical (unpaired) electrons. The lowest BCUT2D eigenvalue weighted by molar-refractivity contribution is 1.46. The molecule has 0 aromatic heterocycles. The van der Waals surface area contributed by atoms with Gasteiger partial charge in [-0.1, -0.05) is 0 Å². The average molecular weight is 135 g/mol. The summed E-state index contributed by atoms with van der Waals surface area (Å²) in [6.07, 6.45) is 5.51. The fourth-order valence-corrected chi connectivity index (χ4v) is 0.598. The van der Waals surface area contributed by atoms with E-state index in [9.17, 15) is 0 Å². The molecule has 1 heteroatoms. The zero-order valence-electron chi connectivity index (χ0n) is 6.73. The van der Waals surface area contributed by atoms with Crippen LogP contribution in [0.15, 0.2) is 29.5 Å². The molecule has 0 saturated heterocycles. The van der Waals surface area contributed by atoms with Crippen LogP contribution in [0.2, 0.25) is 0 Å². The van der Waals surface area contributed by atoms with Crippen LogP contribution in [0.3, 0.4) is 0 Å². The van der Waals surface area contributed by atoms with Gasteiger partial charge in [0.2, 0.25) is 0 Å². The Labute approximate surface area is 62.3 Å². The van der Waals surface area contributed by atoms with Crippen LogP contribution in [0.25, 0.3) is 0 Å². The third-order valence-corrected chi connectivity index (χ3v) is 0.922. The van der Waals surface area contributed by atoms with Gasteiger partial charge in [-0.3, -0.25) is 0 Å². The van der Waals surface area contributed by atoms with Gasteiger partial charge in [-0.15, -0.1) is 5.73 Å². The molecule has 1 N–H and O–H groups in total. The van der Waals surface area contributed by atoms with Gasteiger partial charge in [-0.2, -0.15) is 0 Å². The molecule has 0 aromatic rings. The van der Waals surface area contributed by atoms with Crippen LogP contribution in [-0.2, 0) is 0 Å². The van der Waals surface area contributed by atoms with Crippen LogP contribution < -0.4 is 0 Å². The fourth-order valence-electron chi connectivity index (χ4n) is 0.598. The van der Waals surface area contributed by atoms with Crippen molar-refractivity contribution in [2.24, 2.45) is 0 Å². The predicted molar refractivity (Wildman–Crippen MR) is 45.5 cm³/mol. The van der Waals surface area contributed by atoms with Gasteiger partial charge >= 0.3 is 0 Å². The zero-order chi connectivity index (χ0) is 7.98. The summed E-state index contributed by atoms with van der Waals surface area (Å²) in [7, 11) is 0. The molecule has 0 aromatic carbocycles. The maximum absolute atomic E-state index is 7.13. The van der Waals surface area contributed by atoms with Gasteiger partial charge in [-0.25, -0.2) is 0 Å². The first kappa shape index (κ1) is 8.93. The van der Waals surface area contributed by atoms with Crippen LogP contribution in [0.4, 0.5) is 0 Å². The Balaban J connectivity index is 4.21. The molecular formula is C9H13N. The molecule has 0 aliphatic rings. The molecule has 10 heavy (non-hydrogen) atoms. The third-order valence-electron chi connectivity index (χ3n) is 0.922. The standard InChI is InChI=1S/C9H13N/c1-4-5-6-8(2)7-9(3)10/h4,6-7,10H,1-3H3/b8-7-,10-9?. The predicted octanol–water partition coefficient (Wildman–Crippen LogP) is 2.70. The highest BCUT2D eigenvalue weighted by Gasteiger charge is 1.80. The molecule has 0 spiro atoms. The van der Waals surface area contributed by atoms with E-state index in [1.54, 1.807) is 13.0 Å². The van der Waals surface area contributed by atoms with Crippen LogP contribution in [0.5, 0.6) is 0 Å². The largest absolute Gasteiger partial charge is 0.306 e. The highest BCUT2D eigenvalue weighted by molar-refractivity contribution is 5.90. The van der Waals surface area contributed by atoms with E-state index in [4.69, 9.17) is 5.41 Å². The van der Waals surface area contributed by atoms with Crippen molar-refractivity contribution in [3.05, 3.63) is 29.5 Å². The Hall–Kier alpha value is -1.07. The van der Waals surface area contributed by atoms with Crippen molar-refractivity contribution < 1.29 is 0 Å². The molecule has 54 valence electrons. The summed E-state index contributed by atoms with van der Waals surface area (Å²) in [4.78, 5) is 0. The number of nitrogens with one attached hydrogen (secondary N) is 1. The maximum Gasteiger partial charge on any atom is 0.0285 e. The molecule has 0 fully saturated rings. The summed E-state index contributed by atoms with van der Waals surface area (Å²) in [6.45, 7) is 5.63. The summed E-state index contributed by atoms with van der Waals surface area (Å²) in [6, 6.07) is 0. The van der Waals surface area contributed by atoms with Crippen molar-refractivity contribution in [2.75, 3.05) is 0 Å².